The molecule has 4 aromatic rings. The maximum Gasteiger partial charge on any atom is 0.261 e. The smallest absolute Gasteiger partial charge is 0.261 e. The van der Waals surface area contributed by atoms with E-state index in [1.165, 1.54) is 0 Å². The Morgan fingerprint density at radius 2 is 1.53 bits per heavy atom. The van der Waals surface area contributed by atoms with Gasteiger partial charge in [-0.05, 0) is 30.7 Å². The van der Waals surface area contributed by atoms with Crippen molar-refractivity contribution in [2.45, 2.75) is 19.9 Å². The van der Waals surface area contributed by atoms with Gasteiger partial charge in [-0.15, -0.1) is 0 Å². The third kappa shape index (κ3) is 4.01. The first-order valence-corrected chi connectivity index (χ1v) is 10.0. The number of carbonyl (C=O) groups excluding carboxylic acids is 1. The molecular weight excluding hydrogens is 374 g/mol. The number of hydrogen-bond donors (Lipinski definition) is 0. The standard InChI is InChI=1S/C25H23N3O2/c1-19(29)27(21-13-6-3-7-14-21)17-10-18-28-24(20-11-4-2-5-12-20)26-23-16-9-8-15-22(23)25(28)30/h2-9,11-16H,10,17-18H2,1H3. The molecule has 150 valence electrons. The highest BCUT2D eigenvalue weighted by Crippen LogP contribution is 2.20. The van der Waals surface area contributed by atoms with Crippen LogP contribution in [-0.4, -0.2) is 22.0 Å². The molecule has 0 aliphatic rings. The lowest BCUT2D eigenvalue weighted by Gasteiger charge is -2.22. The summed E-state index contributed by atoms with van der Waals surface area (Å²) in [6.45, 7) is 2.55. The molecule has 0 bridgehead atoms. The number of para-hydroxylation sites is 2. The van der Waals surface area contributed by atoms with E-state index >= 15 is 0 Å². The van der Waals surface area contributed by atoms with Crippen LogP contribution in [0, 0.1) is 0 Å². The molecule has 0 saturated heterocycles. The van der Waals surface area contributed by atoms with Crippen molar-refractivity contribution in [3.05, 3.63) is 95.3 Å². The van der Waals surface area contributed by atoms with Crippen LogP contribution in [0.2, 0.25) is 0 Å². The van der Waals surface area contributed by atoms with Gasteiger partial charge in [-0.25, -0.2) is 4.98 Å². The Kier molecular flexibility index (Phi) is 5.70. The average molecular weight is 397 g/mol. The van der Waals surface area contributed by atoms with Crippen LogP contribution in [-0.2, 0) is 11.3 Å². The minimum absolute atomic E-state index is 0.0199. The van der Waals surface area contributed by atoms with Gasteiger partial charge in [0.2, 0.25) is 5.91 Å². The van der Waals surface area contributed by atoms with E-state index in [0.29, 0.717) is 36.2 Å². The molecule has 0 aliphatic carbocycles. The number of hydrogen-bond acceptors (Lipinski definition) is 3. The molecule has 0 fully saturated rings. The number of fused-ring (bicyclic) bond motifs is 1. The van der Waals surface area contributed by atoms with E-state index in [9.17, 15) is 9.59 Å². The number of aromatic nitrogens is 2. The number of anilines is 1. The largest absolute Gasteiger partial charge is 0.313 e. The Morgan fingerprint density at radius 3 is 2.23 bits per heavy atom. The molecule has 5 nitrogen and oxygen atoms in total. The Bertz CT molecular complexity index is 1220. The van der Waals surface area contributed by atoms with Gasteiger partial charge < -0.3 is 4.90 Å². The summed E-state index contributed by atoms with van der Waals surface area (Å²) < 4.78 is 1.72. The maximum atomic E-state index is 13.2. The second-order valence-corrected chi connectivity index (χ2v) is 7.14. The molecular formula is C25H23N3O2. The first kappa shape index (κ1) is 19.6. The van der Waals surface area contributed by atoms with Gasteiger partial charge in [-0.1, -0.05) is 60.7 Å². The number of amides is 1. The monoisotopic (exact) mass is 397 g/mol. The van der Waals surface area contributed by atoms with Crippen LogP contribution < -0.4 is 10.5 Å². The summed E-state index contributed by atoms with van der Waals surface area (Å²) in [5.41, 5.74) is 2.38. The third-order valence-electron chi connectivity index (χ3n) is 5.11. The topological polar surface area (TPSA) is 55.2 Å². The summed E-state index contributed by atoms with van der Waals surface area (Å²) in [4.78, 5) is 31.9. The van der Waals surface area contributed by atoms with Gasteiger partial charge in [0.15, 0.2) is 0 Å². The predicted molar refractivity (Wildman–Crippen MR) is 121 cm³/mol. The lowest BCUT2D eigenvalue weighted by Crippen LogP contribution is -2.31. The molecule has 0 unspecified atom stereocenters. The third-order valence-corrected chi connectivity index (χ3v) is 5.11. The zero-order chi connectivity index (χ0) is 20.9. The fourth-order valence-corrected chi connectivity index (χ4v) is 3.65. The van der Waals surface area contributed by atoms with Crippen LogP contribution in [0.15, 0.2) is 89.7 Å². The van der Waals surface area contributed by atoms with Crippen LogP contribution in [0.4, 0.5) is 5.69 Å². The van der Waals surface area contributed by atoms with Gasteiger partial charge in [0.1, 0.15) is 5.82 Å². The molecule has 3 aromatic carbocycles. The van der Waals surface area contributed by atoms with Crippen molar-refractivity contribution < 1.29 is 4.79 Å². The number of benzene rings is 3. The molecule has 0 N–H and O–H groups in total. The predicted octanol–water partition coefficient (Wildman–Crippen LogP) is 4.51. The highest BCUT2D eigenvalue weighted by Gasteiger charge is 2.14. The Balaban J connectivity index is 1.67. The molecule has 4 rings (SSSR count). The summed E-state index contributed by atoms with van der Waals surface area (Å²) in [5.74, 6) is 0.627. The Labute approximate surface area is 175 Å². The van der Waals surface area contributed by atoms with E-state index in [4.69, 9.17) is 4.98 Å². The normalized spacial score (nSPS) is 10.8. The van der Waals surface area contributed by atoms with Crippen molar-refractivity contribution in [1.29, 1.82) is 0 Å². The van der Waals surface area contributed by atoms with Crippen LogP contribution in [0.5, 0.6) is 0 Å². The zero-order valence-corrected chi connectivity index (χ0v) is 16.9. The van der Waals surface area contributed by atoms with Crippen molar-refractivity contribution in [1.82, 2.24) is 9.55 Å². The Hall–Kier alpha value is -3.73. The van der Waals surface area contributed by atoms with E-state index < -0.39 is 0 Å². The van der Waals surface area contributed by atoms with Gasteiger partial charge in [-0.3, -0.25) is 14.2 Å². The molecule has 0 radical (unpaired) electrons. The summed E-state index contributed by atoms with van der Waals surface area (Å²) in [5, 5.41) is 0.601. The first-order valence-electron chi connectivity index (χ1n) is 10.0. The zero-order valence-electron chi connectivity index (χ0n) is 16.9. The van der Waals surface area contributed by atoms with Gasteiger partial charge in [0.25, 0.3) is 5.56 Å². The van der Waals surface area contributed by atoms with E-state index in [1.54, 1.807) is 16.4 Å². The molecule has 1 aromatic heterocycles. The number of rotatable bonds is 6. The lowest BCUT2D eigenvalue weighted by atomic mass is 10.1. The SMILES string of the molecule is CC(=O)N(CCCn1c(-c2ccccc2)nc2ccccc2c1=O)c1ccccc1. The molecule has 5 heteroatoms. The van der Waals surface area contributed by atoms with E-state index in [1.807, 2.05) is 84.9 Å². The van der Waals surface area contributed by atoms with Crippen LogP contribution in [0.25, 0.3) is 22.3 Å². The van der Waals surface area contributed by atoms with Crippen molar-refractivity contribution in [2.24, 2.45) is 0 Å². The summed E-state index contributed by atoms with van der Waals surface area (Å²) in [6, 6.07) is 26.7. The molecule has 1 heterocycles. The lowest BCUT2D eigenvalue weighted by molar-refractivity contribution is -0.116. The maximum absolute atomic E-state index is 13.2. The molecule has 0 saturated carbocycles. The van der Waals surface area contributed by atoms with Crippen molar-refractivity contribution in [3.63, 3.8) is 0 Å². The van der Waals surface area contributed by atoms with E-state index in [-0.39, 0.29) is 11.5 Å². The van der Waals surface area contributed by atoms with E-state index in [2.05, 4.69) is 0 Å². The number of nitrogens with zero attached hydrogens (tertiary/aromatic N) is 3. The average Bonchev–Trinajstić information content (AvgIpc) is 2.79. The van der Waals surface area contributed by atoms with Gasteiger partial charge in [0, 0.05) is 31.3 Å². The number of carbonyl (C=O) groups is 1. The summed E-state index contributed by atoms with van der Waals surface area (Å²) in [6.07, 6.45) is 0.633. The minimum Gasteiger partial charge on any atom is -0.313 e. The summed E-state index contributed by atoms with van der Waals surface area (Å²) in [7, 11) is 0. The quantitative estimate of drug-likeness (QED) is 0.481. The molecule has 0 aliphatic heterocycles. The highest BCUT2D eigenvalue weighted by molar-refractivity contribution is 5.91. The van der Waals surface area contributed by atoms with Crippen LogP contribution >= 0.6 is 0 Å². The fourth-order valence-electron chi connectivity index (χ4n) is 3.65. The second-order valence-electron chi connectivity index (χ2n) is 7.14. The molecule has 0 atom stereocenters. The van der Waals surface area contributed by atoms with Crippen molar-refractivity contribution in [2.75, 3.05) is 11.4 Å². The molecule has 1 amide bonds. The summed E-state index contributed by atoms with van der Waals surface area (Å²) >= 11 is 0. The van der Waals surface area contributed by atoms with Crippen molar-refractivity contribution in [3.8, 4) is 11.4 Å². The Morgan fingerprint density at radius 1 is 0.900 bits per heavy atom. The second kappa shape index (κ2) is 8.74. The van der Waals surface area contributed by atoms with Gasteiger partial charge in [-0.2, -0.15) is 0 Å². The van der Waals surface area contributed by atoms with Crippen LogP contribution in [0.3, 0.4) is 0 Å². The molecule has 0 spiro atoms. The van der Waals surface area contributed by atoms with Gasteiger partial charge >= 0.3 is 0 Å². The fraction of sp³-hybridized carbons (Fsp3) is 0.160. The minimum atomic E-state index is -0.0615. The van der Waals surface area contributed by atoms with Crippen molar-refractivity contribution >= 4 is 22.5 Å². The molecule has 30 heavy (non-hydrogen) atoms. The van der Waals surface area contributed by atoms with Gasteiger partial charge in [0.05, 0.1) is 10.9 Å². The first-order chi connectivity index (χ1) is 14.6. The highest BCUT2D eigenvalue weighted by atomic mass is 16.2. The van der Waals surface area contributed by atoms with Crippen LogP contribution in [0.1, 0.15) is 13.3 Å². The van der Waals surface area contributed by atoms with E-state index in [0.717, 1.165) is 11.3 Å².